The van der Waals surface area contributed by atoms with E-state index in [1.165, 1.54) is 25.7 Å². The summed E-state index contributed by atoms with van der Waals surface area (Å²) in [5.74, 6) is 0.905. The lowest BCUT2D eigenvalue weighted by molar-refractivity contribution is 0.173. The lowest BCUT2D eigenvalue weighted by atomic mass is 10.0. The van der Waals surface area contributed by atoms with Crippen LogP contribution >= 0.6 is 0 Å². The number of hydrogen-bond donors (Lipinski definition) is 0. The van der Waals surface area contributed by atoms with Crippen molar-refractivity contribution < 1.29 is 0 Å². The van der Waals surface area contributed by atoms with E-state index in [2.05, 4.69) is 23.6 Å². The third kappa shape index (κ3) is 3.81. The van der Waals surface area contributed by atoms with Gasteiger partial charge in [0.15, 0.2) is 0 Å². The van der Waals surface area contributed by atoms with Gasteiger partial charge in [-0.05, 0) is 25.1 Å². The van der Waals surface area contributed by atoms with E-state index in [9.17, 15) is 0 Å². The van der Waals surface area contributed by atoms with Gasteiger partial charge in [0.05, 0.1) is 11.4 Å². The highest BCUT2D eigenvalue weighted by Gasteiger charge is 2.27. The molecule has 0 aromatic heterocycles. The van der Waals surface area contributed by atoms with Crippen molar-refractivity contribution in [3.8, 4) is 11.4 Å². The number of anilines is 1. The Morgan fingerprint density at radius 1 is 1.00 bits per heavy atom. The molecule has 0 aromatic rings. The SMILES string of the molecule is CCCCCC1CN(c2nc3cccccc-3n2)CCN1CC. The molecule has 0 spiro atoms. The highest BCUT2D eigenvalue weighted by Crippen LogP contribution is 2.25. The van der Waals surface area contributed by atoms with Crippen molar-refractivity contribution >= 4 is 5.95 Å². The van der Waals surface area contributed by atoms with Crippen LogP contribution in [0.1, 0.15) is 39.5 Å². The molecule has 124 valence electrons. The normalized spacial score (nSPS) is 19.4. The topological polar surface area (TPSA) is 32.3 Å². The van der Waals surface area contributed by atoms with Crippen molar-refractivity contribution in [2.24, 2.45) is 0 Å². The van der Waals surface area contributed by atoms with Crippen LogP contribution in [0.4, 0.5) is 5.95 Å². The number of nitrogens with zero attached hydrogens (tertiary/aromatic N) is 4. The van der Waals surface area contributed by atoms with Crippen molar-refractivity contribution in [2.45, 2.75) is 45.6 Å². The Bertz CT molecular complexity index is 555. The fourth-order valence-corrected chi connectivity index (χ4v) is 3.49. The minimum Gasteiger partial charge on any atom is -0.338 e. The second kappa shape index (κ2) is 7.73. The summed E-state index contributed by atoms with van der Waals surface area (Å²) in [7, 11) is 0. The lowest BCUT2D eigenvalue weighted by Gasteiger charge is -2.40. The molecule has 2 aliphatic heterocycles. The Morgan fingerprint density at radius 2 is 1.74 bits per heavy atom. The molecule has 0 amide bonds. The van der Waals surface area contributed by atoms with E-state index in [1.807, 2.05) is 30.3 Å². The van der Waals surface area contributed by atoms with Crippen LogP contribution in [0.2, 0.25) is 0 Å². The van der Waals surface area contributed by atoms with Crippen LogP contribution < -0.4 is 4.90 Å². The summed E-state index contributed by atoms with van der Waals surface area (Å²) >= 11 is 0. The molecule has 3 aliphatic rings. The van der Waals surface area contributed by atoms with Crippen molar-refractivity contribution in [1.82, 2.24) is 14.9 Å². The molecule has 1 saturated heterocycles. The maximum absolute atomic E-state index is 4.75. The molecule has 3 rings (SSSR count). The van der Waals surface area contributed by atoms with Gasteiger partial charge in [-0.3, -0.25) is 4.90 Å². The van der Waals surface area contributed by atoms with E-state index in [-0.39, 0.29) is 0 Å². The quantitative estimate of drug-likeness (QED) is 0.762. The Morgan fingerprint density at radius 3 is 2.39 bits per heavy atom. The second-order valence-electron chi connectivity index (χ2n) is 6.43. The Labute approximate surface area is 139 Å². The first-order valence-electron chi connectivity index (χ1n) is 9.03. The van der Waals surface area contributed by atoms with Crippen LogP contribution in [0.25, 0.3) is 11.4 Å². The van der Waals surface area contributed by atoms with E-state index < -0.39 is 0 Å². The minimum atomic E-state index is 0.637. The van der Waals surface area contributed by atoms with Crippen LogP contribution in [0, 0.1) is 0 Å². The summed E-state index contributed by atoms with van der Waals surface area (Å²) < 4.78 is 0. The van der Waals surface area contributed by atoms with Crippen LogP contribution in [-0.4, -0.2) is 47.1 Å². The summed E-state index contributed by atoms with van der Waals surface area (Å²) in [5.41, 5.74) is 1.98. The van der Waals surface area contributed by atoms with Crippen molar-refractivity contribution in [3.63, 3.8) is 0 Å². The van der Waals surface area contributed by atoms with Gasteiger partial charge >= 0.3 is 0 Å². The molecule has 0 saturated carbocycles. The molecule has 0 N–H and O–H groups in total. The average molecular weight is 312 g/mol. The predicted octanol–water partition coefficient (Wildman–Crippen LogP) is 3.67. The minimum absolute atomic E-state index is 0.637. The number of imidazole rings is 1. The summed E-state index contributed by atoms with van der Waals surface area (Å²) in [4.78, 5) is 14.5. The first-order chi connectivity index (χ1) is 11.3. The molecule has 4 nitrogen and oxygen atoms in total. The van der Waals surface area contributed by atoms with Gasteiger partial charge in [0.25, 0.3) is 0 Å². The molecule has 1 atom stereocenters. The number of unbranched alkanes of at least 4 members (excludes halogenated alkanes) is 2. The molecule has 1 unspecified atom stereocenters. The third-order valence-electron chi connectivity index (χ3n) is 4.87. The fourth-order valence-electron chi connectivity index (χ4n) is 3.49. The van der Waals surface area contributed by atoms with E-state index in [0.29, 0.717) is 6.04 Å². The van der Waals surface area contributed by atoms with Gasteiger partial charge in [0.1, 0.15) is 0 Å². The van der Waals surface area contributed by atoms with Gasteiger partial charge in [0, 0.05) is 25.7 Å². The summed E-state index contributed by atoms with van der Waals surface area (Å²) in [6, 6.07) is 10.8. The van der Waals surface area contributed by atoms with Gasteiger partial charge in [-0.15, -0.1) is 0 Å². The molecule has 4 heteroatoms. The monoisotopic (exact) mass is 312 g/mol. The van der Waals surface area contributed by atoms with Gasteiger partial charge in [0.2, 0.25) is 5.95 Å². The van der Waals surface area contributed by atoms with Crippen LogP contribution in [0.15, 0.2) is 30.3 Å². The van der Waals surface area contributed by atoms with E-state index in [4.69, 9.17) is 9.97 Å². The van der Waals surface area contributed by atoms with Crippen molar-refractivity contribution in [2.75, 3.05) is 31.1 Å². The third-order valence-corrected chi connectivity index (χ3v) is 4.87. The first-order valence-corrected chi connectivity index (χ1v) is 9.03. The van der Waals surface area contributed by atoms with Crippen LogP contribution in [0.3, 0.4) is 0 Å². The van der Waals surface area contributed by atoms with E-state index in [1.54, 1.807) is 0 Å². The van der Waals surface area contributed by atoms with Gasteiger partial charge in [-0.2, -0.15) is 0 Å². The zero-order valence-corrected chi connectivity index (χ0v) is 14.4. The maximum Gasteiger partial charge on any atom is 0.226 e. The standard InChI is InChI=1S/C19H28N4/c1-3-5-7-10-16-15-23(14-13-22(16)4-2)19-20-17-11-8-6-9-12-18(17)21-19/h6,8-9,11-12,16H,3-5,7,10,13-15H2,1-2H3. The molecule has 1 fully saturated rings. The number of likely N-dealkylation sites (N-methyl/N-ethyl adjacent to an activating group) is 1. The van der Waals surface area contributed by atoms with E-state index in [0.717, 1.165) is 43.5 Å². The Balaban J connectivity index is 1.73. The molecule has 23 heavy (non-hydrogen) atoms. The number of piperazine rings is 1. The smallest absolute Gasteiger partial charge is 0.226 e. The Kier molecular flexibility index (Phi) is 5.44. The van der Waals surface area contributed by atoms with E-state index >= 15 is 0 Å². The molecular weight excluding hydrogens is 284 g/mol. The van der Waals surface area contributed by atoms with Gasteiger partial charge in [-0.1, -0.05) is 51.3 Å². The van der Waals surface area contributed by atoms with Crippen molar-refractivity contribution in [1.29, 1.82) is 0 Å². The summed E-state index contributed by atoms with van der Waals surface area (Å²) in [5, 5.41) is 0. The summed E-state index contributed by atoms with van der Waals surface area (Å²) in [6.07, 6.45) is 5.23. The van der Waals surface area contributed by atoms with Gasteiger partial charge < -0.3 is 4.90 Å². The molecule has 0 aromatic carbocycles. The first kappa shape index (κ1) is 16.2. The zero-order valence-electron chi connectivity index (χ0n) is 14.4. The predicted molar refractivity (Wildman–Crippen MR) is 96.0 cm³/mol. The molecule has 0 bridgehead atoms. The number of aromatic nitrogens is 2. The molecule has 2 heterocycles. The van der Waals surface area contributed by atoms with Crippen LogP contribution in [-0.2, 0) is 0 Å². The van der Waals surface area contributed by atoms with Crippen molar-refractivity contribution in [3.05, 3.63) is 30.3 Å². The zero-order chi connectivity index (χ0) is 16.1. The van der Waals surface area contributed by atoms with Crippen LogP contribution in [0.5, 0.6) is 0 Å². The lowest BCUT2D eigenvalue weighted by Crippen LogP contribution is -2.53. The molecule has 1 aliphatic carbocycles. The fraction of sp³-hybridized carbons (Fsp3) is 0.579. The number of rotatable bonds is 6. The molecule has 0 radical (unpaired) electrons. The summed E-state index contributed by atoms with van der Waals surface area (Å²) in [6.45, 7) is 8.89. The highest BCUT2D eigenvalue weighted by molar-refractivity contribution is 5.60. The second-order valence-corrected chi connectivity index (χ2v) is 6.43. The number of fused-ring (bicyclic) bond motifs is 1. The average Bonchev–Trinajstić information content (AvgIpc) is 2.86. The van der Waals surface area contributed by atoms with Gasteiger partial charge in [-0.25, -0.2) is 9.97 Å². The largest absolute Gasteiger partial charge is 0.338 e. The highest BCUT2D eigenvalue weighted by atomic mass is 15.3. The number of hydrogen-bond acceptors (Lipinski definition) is 4. The molecular formula is C19H28N4. The Hall–Kier alpha value is -1.68. The maximum atomic E-state index is 4.75.